The van der Waals surface area contributed by atoms with E-state index in [2.05, 4.69) is 6.92 Å². The van der Waals surface area contributed by atoms with Gasteiger partial charge in [-0.25, -0.2) is 4.39 Å². The molecule has 0 saturated heterocycles. The lowest BCUT2D eigenvalue weighted by Gasteiger charge is -2.34. The van der Waals surface area contributed by atoms with Crippen LogP contribution in [0.1, 0.15) is 57.6 Å². The minimum atomic E-state index is -0.341. The first-order chi connectivity index (χ1) is 9.63. The summed E-state index contributed by atoms with van der Waals surface area (Å²) >= 11 is 0. The molecule has 1 aromatic carbocycles. The molecule has 4 unspecified atom stereocenters. The van der Waals surface area contributed by atoms with Crippen LogP contribution in [-0.4, -0.2) is 12.1 Å². The maximum absolute atomic E-state index is 14.1. The quantitative estimate of drug-likeness (QED) is 0.876. The molecule has 0 bridgehead atoms. The zero-order chi connectivity index (χ0) is 14.5. The van der Waals surface area contributed by atoms with Gasteiger partial charge in [-0.3, -0.25) is 0 Å². The summed E-state index contributed by atoms with van der Waals surface area (Å²) in [5.41, 5.74) is 6.79. The van der Waals surface area contributed by atoms with Crippen LogP contribution in [-0.2, 0) is 4.74 Å². The Bertz CT molecular complexity index is 423. The highest BCUT2D eigenvalue weighted by Gasteiger charge is 2.29. The third kappa shape index (κ3) is 3.58. The Balaban J connectivity index is 2.18. The van der Waals surface area contributed by atoms with E-state index in [-0.39, 0.29) is 24.1 Å². The second-order valence-electron chi connectivity index (χ2n) is 5.95. The van der Waals surface area contributed by atoms with Gasteiger partial charge in [0.1, 0.15) is 11.9 Å². The Hall–Kier alpha value is -0.930. The van der Waals surface area contributed by atoms with E-state index in [9.17, 15) is 4.39 Å². The summed E-state index contributed by atoms with van der Waals surface area (Å²) in [5, 5.41) is 0. The molecule has 2 rings (SSSR count). The van der Waals surface area contributed by atoms with Crippen molar-refractivity contribution in [2.24, 2.45) is 11.7 Å². The fourth-order valence-corrected chi connectivity index (χ4v) is 3.00. The summed E-state index contributed by atoms with van der Waals surface area (Å²) in [7, 11) is 0. The Morgan fingerprint density at radius 1 is 1.30 bits per heavy atom. The second-order valence-corrected chi connectivity index (χ2v) is 5.95. The molecule has 4 atom stereocenters. The summed E-state index contributed by atoms with van der Waals surface area (Å²) in [4.78, 5) is 0. The van der Waals surface area contributed by atoms with E-state index in [4.69, 9.17) is 10.5 Å². The zero-order valence-corrected chi connectivity index (χ0v) is 12.5. The van der Waals surface area contributed by atoms with E-state index in [1.54, 1.807) is 12.1 Å². The number of nitrogens with two attached hydrogens (primary N) is 1. The molecule has 0 amide bonds. The minimum Gasteiger partial charge on any atom is -0.368 e. The van der Waals surface area contributed by atoms with E-state index in [1.807, 2.05) is 13.0 Å². The van der Waals surface area contributed by atoms with Crippen molar-refractivity contribution in [1.82, 2.24) is 0 Å². The lowest BCUT2D eigenvalue weighted by Crippen LogP contribution is -2.36. The molecule has 1 aromatic rings. The third-order valence-electron chi connectivity index (χ3n) is 4.43. The Kier molecular flexibility index (Phi) is 5.55. The minimum absolute atomic E-state index is 0.166. The SMILES string of the molecule is CCC(N)C(OC1CCCCC1C)c1ccccc1F. The summed E-state index contributed by atoms with van der Waals surface area (Å²) in [6, 6.07) is 6.67. The fraction of sp³-hybridized carbons (Fsp3) is 0.647. The number of hydrogen-bond donors (Lipinski definition) is 1. The van der Waals surface area contributed by atoms with Crippen molar-refractivity contribution in [2.75, 3.05) is 0 Å². The van der Waals surface area contributed by atoms with Crippen LogP contribution in [0.3, 0.4) is 0 Å². The predicted octanol–water partition coefficient (Wildman–Crippen LogP) is 4.20. The molecule has 1 saturated carbocycles. The normalized spacial score (nSPS) is 26.2. The van der Waals surface area contributed by atoms with E-state index in [0.29, 0.717) is 11.5 Å². The molecule has 2 N–H and O–H groups in total. The van der Waals surface area contributed by atoms with Crippen LogP contribution in [0.15, 0.2) is 24.3 Å². The highest BCUT2D eigenvalue weighted by Crippen LogP contribution is 2.33. The monoisotopic (exact) mass is 279 g/mol. The third-order valence-corrected chi connectivity index (χ3v) is 4.43. The zero-order valence-electron chi connectivity index (χ0n) is 12.5. The number of halogens is 1. The Morgan fingerprint density at radius 2 is 2.00 bits per heavy atom. The van der Waals surface area contributed by atoms with Gasteiger partial charge in [-0.2, -0.15) is 0 Å². The average Bonchev–Trinajstić information content (AvgIpc) is 2.47. The number of benzene rings is 1. The van der Waals surface area contributed by atoms with Gasteiger partial charge in [-0.05, 0) is 31.2 Å². The largest absolute Gasteiger partial charge is 0.368 e. The number of ether oxygens (including phenoxy) is 1. The van der Waals surface area contributed by atoms with Crippen LogP contribution in [0.2, 0.25) is 0 Å². The molecule has 0 spiro atoms. The molecule has 3 heteroatoms. The first kappa shape index (κ1) is 15.5. The number of hydrogen-bond acceptors (Lipinski definition) is 2. The highest BCUT2D eigenvalue weighted by atomic mass is 19.1. The lowest BCUT2D eigenvalue weighted by atomic mass is 9.87. The molecule has 0 radical (unpaired) electrons. The maximum Gasteiger partial charge on any atom is 0.129 e. The highest BCUT2D eigenvalue weighted by molar-refractivity contribution is 5.21. The van der Waals surface area contributed by atoms with Gasteiger partial charge in [0.2, 0.25) is 0 Å². The lowest BCUT2D eigenvalue weighted by molar-refractivity contribution is -0.0689. The van der Waals surface area contributed by atoms with Gasteiger partial charge >= 0.3 is 0 Å². The predicted molar refractivity (Wildman–Crippen MR) is 79.9 cm³/mol. The molecule has 0 heterocycles. The van der Waals surface area contributed by atoms with Crippen molar-refractivity contribution in [1.29, 1.82) is 0 Å². The molecular formula is C17H26FNO. The first-order valence-electron chi connectivity index (χ1n) is 7.79. The standard InChI is InChI=1S/C17H26FNO/c1-3-15(19)17(13-9-5-6-10-14(13)18)20-16-11-7-4-8-12(16)2/h5-6,9-10,12,15-17H,3-4,7-8,11,19H2,1-2H3. The molecule has 1 aliphatic carbocycles. The summed E-state index contributed by atoms with van der Waals surface area (Å²) < 4.78 is 20.3. The van der Waals surface area contributed by atoms with Gasteiger partial charge in [-0.1, -0.05) is 44.9 Å². The molecule has 1 fully saturated rings. The van der Waals surface area contributed by atoms with Crippen molar-refractivity contribution in [3.63, 3.8) is 0 Å². The van der Waals surface area contributed by atoms with Crippen molar-refractivity contribution in [3.05, 3.63) is 35.6 Å². The fourth-order valence-electron chi connectivity index (χ4n) is 3.00. The van der Waals surface area contributed by atoms with Crippen LogP contribution in [0.5, 0.6) is 0 Å². The van der Waals surface area contributed by atoms with Gasteiger partial charge in [-0.15, -0.1) is 0 Å². The molecule has 0 aliphatic heterocycles. The van der Waals surface area contributed by atoms with E-state index >= 15 is 0 Å². The van der Waals surface area contributed by atoms with E-state index in [0.717, 1.165) is 12.8 Å². The van der Waals surface area contributed by atoms with Crippen molar-refractivity contribution >= 4 is 0 Å². The van der Waals surface area contributed by atoms with Crippen LogP contribution in [0.4, 0.5) is 4.39 Å². The molecule has 112 valence electrons. The molecule has 20 heavy (non-hydrogen) atoms. The molecule has 2 nitrogen and oxygen atoms in total. The average molecular weight is 279 g/mol. The van der Waals surface area contributed by atoms with Crippen LogP contribution < -0.4 is 5.73 Å². The topological polar surface area (TPSA) is 35.2 Å². The molecule has 0 aromatic heterocycles. The van der Waals surface area contributed by atoms with Crippen LogP contribution in [0, 0.1) is 11.7 Å². The van der Waals surface area contributed by atoms with Crippen LogP contribution >= 0.6 is 0 Å². The van der Waals surface area contributed by atoms with Gasteiger partial charge in [0, 0.05) is 11.6 Å². The van der Waals surface area contributed by atoms with Gasteiger partial charge in [0.05, 0.1) is 6.10 Å². The smallest absolute Gasteiger partial charge is 0.129 e. The second kappa shape index (κ2) is 7.19. The van der Waals surface area contributed by atoms with Gasteiger partial charge < -0.3 is 10.5 Å². The van der Waals surface area contributed by atoms with Gasteiger partial charge in [0.15, 0.2) is 0 Å². The Morgan fingerprint density at radius 3 is 2.65 bits per heavy atom. The molecular weight excluding hydrogens is 253 g/mol. The summed E-state index contributed by atoms with van der Waals surface area (Å²) in [6.07, 6.45) is 5.35. The summed E-state index contributed by atoms with van der Waals surface area (Å²) in [5.74, 6) is 0.312. The molecule has 1 aliphatic rings. The van der Waals surface area contributed by atoms with Crippen molar-refractivity contribution < 1.29 is 9.13 Å². The van der Waals surface area contributed by atoms with Crippen molar-refractivity contribution in [2.45, 2.75) is 64.2 Å². The summed E-state index contributed by atoms with van der Waals surface area (Å²) in [6.45, 7) is 4.24. The van der Waals surface area contributed by atoms with Crippen molar-refractivity contribution in [3.8, 4) is 0 Å². The van der Waals surface area contributed by atoms with Gasteiger partial charge in [0.25, 0.3) is 0 Å². The van der Waals surface area contributed by atoms with E-state index in [1.165, 1.54) is 25.3 Å². The first-order valence-corrected chi connectivity index (χ1v) is 7.79. The van der Waals surface area contributed by atoms with E-state index < -0.39 is 0 Å². The number of rotatable bonds is 5. The maximum atomic E-state index is 14.1. The van der Waals surface area contributed by atoms with Crippen LogP contribution in [0.25, 0.3) is 0 Å². The Labute approximate surface area is 121 Å².